The summed E-state index contributed by atoms with van der Waals surface area (Å²) in [6, 6.07) is 13.1. The third kappa shape index (κ3) is 2.55. The molecule has 0 bridgehead atoms. The molecule has 1 heterocycles. The molecule has 3 nitrogen and oxygen atoms in total. The van der Waals surface area contributed by atoms with Gasteiger partial charge in [-0.3, -0.25) is 0 Å². The van der Waals surface area contributed by atoms with Crippen molar-refractivity contribution in [3.8, 4) is 5.75 Å². The fraction of sp³-hybridized carbons (Fsp3) is 0.167. The van der Waals surface area contributed by atoms with Gasteiger partial charge in [0.1, 0.15) is 5.75 Å². The third-order valence-electron chi connectivity index (χ3n) is 3.68. The van der Waals surface area contributed by atoms with Gasteiger partial charge in [-0.2, -0.15) is 0 Å². The highest BCUT2D eigenvalue weighted by Crippen LogP contribution is 2.35. The SMILES string of the molecule is Cc1ccccc1C1=CCCOc2ccc(C(=O)O)cc21. The molecule has 21 heavy (non-hydrogen) atoms. The van der Waals surface area contributed by atoms with Gasteiger partial charge in [0.25, 0.3) is 0 Å². The minimum atomic E-state index is -0.925. The van der Waals surface area contributed by atoms with Gasteiger partial charge in [0.05, 0.1) is 12.2 Å². The fourth-order valence-corrected chi connectivity index (χ4v) is 2.61. The highest BCUT2D eigenvalue weighted by atomic mass is 16.5. The van der Waals surface area contributed by atoms with Gasteiger partial charge in [-0.1, -0.05) is 30.3 Å². The number of rotatable bonds is 2. The van der Waals surface area contributed by atoms with Gasteiger partial charge in [0.2, 0.25) is 0 Å². The van der Waals surface area contributed by atoms with Crippen LogP contribution >= 0.6 is 0 Å². The van der Waals surface area contributed by atoms with E-state index in [1.165, 1.54) is 0 Å². The van der Waals surface area contributed by atoms with Crippen molar-refractivity contribution in [3.63, 3.8) is 0 Å². The van der Waals surface area contributed by atoms with Gasteiger partial charge >= 0.3 is 5.97 Å². The van der Waals surface area contributed by atoms with Crippen molar-refractivity contribution in [2.24, 2.45) is 0 Å². The summed E-state index contributed by atoms with van der Waals surface area (Å²) in [6.45, 7) is 2.66. The van der Waals surface area contributed by atoms with Crippen molar-refractivity contribution in [2.45, 2.75) is 13.3 Å². The highest BCUT2D eigenvalue weighted by Gasteiger charge is 2.17. The van der Waals surface area contributed by atoms with Crippen molar-refractivity contribution in [1.82, 2.24) is 0 Å². The van der Waals surface area contributed by atoms with Crippen LogP contribution in [-0.4, -0.2) is 17.7 Å². The predicted octanol–water partition coefficient (Wildman–Crippen LogP) is 3.91. The van der Waals surface area contributed by atoms with Crippen LogP contribution in [0.15, 0.2) is 48.5 Å². The van der Waals surface area contributed by atoms with Gasteiger partial charge in [-0.15, -0.1) is 0 Å². The van der Waals surface area contributed by atoms with E-state index in [2.05, 4.69) is 25.1 Å². The Labute approximate surface area is 123 Å². The molecule has 0 amide bonds. The Morgan fingerprint density at radius 3 is 2.71 bits per heavy atom. The number of hydrogen-bond donors (Lipinski definition) is 1. The van der Waals surface area contributed by atoms with Crippen LogP contribution in [-0.2, 0) is 0 Å². The first-order valence-electron chi connectivity index (χ1n) is 6.93. The Morgan fingerprint density at radius 2 is 1.95 bits per heavy atom. The summed E-state index contributed by atoms with van der Waals surface area (Å²) in [4.78, 5) is 11.2. The number of hydrogen-bond acceptors (Lipinski definition) is 2. The van der Waals surface area contributed by atoms with Crippen LogP contribution in [0.3, 0.4) is 0 Å². The molecule has 0 aliphatic carbocycles. The van der Waals surface area contributed by atoms with Crippen LogP contribution in [0.2, 0.25) is 0 Å². The van der Waals surface area contributed by atoms with Gasteiger partial charge in [0.15, 0.2) is 0 Å². The quantitative estimate of drug-likeness (QED) is 0.907. The van der Waals surface area contributed by atoms with Crippen molar-refractivity contribution < 1.29 is 14.6 Å². The zero-order valence-electron chi connectivity index (χ0n) is 11.8. The summed E-state index contributed by atoms with van der Waals surface area (Å²) in [7, 11) is 0. The molecule has 0 spiro atoms. The Kier molecular flexibility index (Phi) is 3.48. The first-order chi connectivity index (χ1) is 10.2. The molecule has 2 aromatic rings. The van der Waals surface area contributed by atoms with Gasteiger partial charge in [-0.05, 0) is 41.8 Å². The Hall–Kier alpha value is -2.55. The molecule has 0 saturated carbocycles. The fourth-order valence-electron chi connectivity index (χ4n) is 2.61. The number of carboxylic acid groups (broad SMARTS) is 1. The Morgan fingerprint density at radius 1 is 1.14 bits per heavy atom. The van der Waals surface area contributed by atoms with Gasteiger partial charge in [-0.25, -0.2) is 4.79 Å². The maximum absolute atomic E-state index is 11.2. The zero-order valence-corrected chi connectivity index (χ0v) is 11.8. The van der Waals surface area contributed by atoms with Gasteiger partial charge < -0.3 is 9.84 Å². The lowest BCUT2D eigenvalue weighted by Gasteiger charge is -2.14. The summed E-state index contributed by atoms with van der Waals surface area (Å²) < 4.78 is 5.73. The summed E-state index contributed by atoms with van der Waals surface area (Å²) in [5.41, 5.74) is 4.45. The van der Waals surface area contributed by atoms with Crippen LogP contribution in [0.1, 0.15) is 33.5 Å². The smallest absolute Gasteiger partial charge is 0.335 e. The first-order valence-corrected chi connectivity index (χ1v) is 6.93. The molecule has 1 aliphatic rings. The zero-order chi connectivity index (χ0) is 14.8. The monoisotopic (exact) mass is 280 g/mol. The second-order valence-corrected chi connectivity index (χ2v) is 5.09. The minimum absolute atomic E-state index is 0.277. The standard InChI is InChI=1S/C18H16O3/c1-12-5-2-3-6-14(12)15-7-4-10-21-17-9-8-13(18(19)20)11-16(15)17/h2-3,5-9,11H,4,10H2,1H3,(H,19,20). The Bertz CT molecular complexity index is 729. The molecule has 0 aromatic heterocycles. The average Bonchev–Trinajstić information content (AvgIpc) is 2.69. The number of carboxylic acids is 1. The number of fused-ring (bicyclic) bond motifs is 1. The number of ether oxygens (including phenoxy) is 1. The molecule has 0 fully saturated rings. The van der Waals surface area contributed by atoms with E-state index in [1.54, 1.807) is 18.2 Å². The molecule has 1 N–H and O–H groups in total. The van der Waals surface area contributed by atoms with E-state index in [0.29, 0.717) is 6.61 Å². The minimum Gasteiger partial charge on any atom is -0.493 e. The van der Waals surface area contributed by atoms with E-state index in [4.69, 9.17) is 4.74 Å². The number of aryl methyl sites for hydroxylation is 1. The molecule has 0 saturated heterocycles. The molecule has 0 unspecified atom stereocenters. The first kappa shape index (κ1) is 13.4. The molecule has 106 valence electrons. The van der Waals surface area contributed by atoms with Crippen molar-refractivity contribution in [1.29, 1.82) is 0 Å². The van der Waals surface area contributed by atoms with E-state index < -0.39 is 5.97 Å². The molecular formula is C18H16O3. The topological polar surface area (TPSA) is 46.5 Å². The van der Waals surface area contributed by atoms with E-state index in [-0.39, 0.29) is 5.56 Å². The summed E-state index contributed by atoms with van der Waals surface area (Å²) >= 11 is 0. The second-order valence-electron chi connectivity index (χ2n) is 5.09. The second kappa shape index (κ2) is 5.44. The van der Waals surface area contributed by atoms with Crippen molar-refractivity contribution in [2.75, 3.05) is 6.61 Å². The maximum Gasteiger partial charge on any atom is 0.335 e. The molecule has 1 aliphatic heterocycles. The van der Waals surface area contributed by atoms with E-state index in [1.807, 2.05) is 12.1 Å². The third-order valence-corrected chi connectivity index (χ3v) is 3.68. The number of benzene rings is 2. The van der Waals surface area contributed by atoms with Crippen molar-refractivity contribution in [3.05, 3.63) is 70.8 Å². The van der Waals surface area contributed by atoms with Crippen LogP contribution < -0.4 is 4.74 Å². The molecule has 3 heteroatoms. The van der Waals surface area contributed by atoms with Crippen LogP contribution in [0.4, 0.5) is 0 Å². The molecular weight excluding hydrogens is 264 g/mol. The normalized spacial score (nSPS) is 13.7. The summed E-state index contributed by atoms with van der Waals surface area (Å²) in [5.74, 6) is -0.182. The van der Waals surface area contributed by atoms with E-state index in [0.717, 1.165) is 34.4 Å². The van der Waals surface area contributed by atoms with Crippen molar-refractivity contribution >= 4 is 11.5 Å². The summed E-state index contributed by atoms with van der Waals surface area (Å²) in [6.07, 6.45) is 2.93. The lowest BCUT2D eigenvalue weighted by Crippen LogP contribution is -2.01. The van der Waals surface area contributed by atoms with Gasteiger partial charge in [0, 0.05) is 12.0 Å². The predicted molar refractivity (Wildman–Crippen MR) is 81.8 cm³/mol. The number of aromatic carboxylic acids is 1. The Balaban J connectivity index is 2.20. The van der Waals surface area contributed by atoms with E-state index in [9.17, 15) is 9.90 Å². The van der Waals surface area contributed by atoms with Crippen LogP contribution in [0.5, 0.6) is 5.75 Å². The number of carbonyl (C=O) groups is 1. The highest BCUT2D eigenvalue weighted by molar-refractivity contribution is 5.92. The summed E-state index contributed by atoms with van der Waals surface area (Å²) in [5, 5.41) is 9.21. The van der Waals surface area contributed by atoms with Crippen LogP contribution in [0, 0.1) is 6.92 Å². The lowest BCUT2D eigenvalue weighted by atomic mass is 9.92. The molecule has 0 radical (unpaired) electrons. The largest absolute Gasteiger partial charge is 0.493 e. The molecule has 3 rings (SSSR count). The van der Waals surface area contributed by atoms with Crippen LogP contribution in [0.25, 0.3) is 5.57 Å². The average molecular weight is 280 g/mol. The lowest BCUT2D eigenvalue weighted by molar-refractivity contribution is 0.0697. The van der Waals surface area contributed by atoms with E-state index >= 15 is 0 Å². The molecule has 2 aromatic carbocycles. The maximum atomic E-state index is 11.2. The molecule has 0 atom stereocenters.